The van der Waals surface area contributed by atoms with E-state index in [0.717, 1.165) is 16.7 Å². The van der Waals surface area contributed by atoms with Crippen LogP contribution in [0.2, 0.25) is 0 Å². The van der Waals surface area contributed by atoms with Crippen LogP contribution in [-0.4, -0.2) is 41.3 Å². The van der Waals surface area contributed by atoms with Crippen LogP contribution in [0.5, 0.6) is 0 Å². The smallest absolute Gasteiger partial charge is 0.226 e. The van der Waals surface area contributed by atoms with Gasteiger partial charge in [-0.2, -0.15) is 0 Å². The maximum Gasteiger partial charge on any atom is 0.226 e. The molecule has 0 spiro atoms. The van der Waals surface area contributed by atoms with Crippen LogP contribution in [0.1, 0.15) is 38.7 Å². The van der Waals surface area contributed by atoms with Crippen LogP contribution in [0.3, 0.4) is 0 Å². The van der Waals surface area contributed by atoms with Crippen LogP contribution in [0.15, 0.2) is 48.8 Å². The molecule has 0 bridgehead atoms. The summed E-state index contributed by atoms with van der Waals surface area (Å²) in [6.45, 7) is 5.74. The summed E-state index contributed by atoms with van der Waals surface area (Å²) in [5.41, 5.74) is 2.85. The molecule has 1 aromatic carbocycles. The van der Waals surface area contributed by atoms with E-state index in [1.165, 1.54) is 0 Å². The van der Waals surface area contributed by atoms with Crippen LogP contribution in [-0.2, 0) is 16.0 Å². The largest absolute Gasteiger partial charge is 0.356 e. The molecule has 0 aliphatic carbocycles. The number of pyridine rings is 1. The van der Waals surface area contributed by atoms with Gasteiger partial charge in [0, 0.05) is 38.4 Å². The zero-order valence-corrected chi connectivity index (χ0v) is 16.8. The maximum atomic E-state index is 13.0. The topological polar surface area (TPSA) is 62.3 Å². The fraction of sp³-hybridized carbons (Fsp3) is 0.435. The van der Waals surface area contributed by atoms with Gasteiger partial charge in [0.15, 0.2) is 0 Å². The summed E-state index contributed by atoms with van der Waals surface area (Å²) in [6, 6.07) is 12.3. The lowest BCUT2D eigenvalue weighted by Gasteiger charge is -2.41. The maximum absolute atomic E-state index is 13.0. The number of nitrogens with zero attached hydrogens (tertiary/aromatic N) is 2. The van der Waals surface area contributed by atoms with E-state index in [1.807, 2.05) is 43.1 Å². The number of nitrogens with one attached hydrogen (secondary N) is 1. The van der Waals surface area contributed by atoms with Crippen molar-refractivity contribution in [2.45, 2.75) is 39.5 Å². The Morgan fingerprint density at radius 1 is 1.11 bits per heavy atom. The lowest BCUT2D eigenvalue weighted by molar-refractivity contribution is -0.140. The molecule has 1 aliphatic rings. The highest BCUT2D eigenvalue weighted by molar-refractivity contribution is 5.84. The number of amides is 2. The first-order chi connectivity index (χ1) is 13.6. The minimum absolute atomic E-state index is 0.102. The van der Waals surface area contributed by atoms with E-state index in [1.54, 1.807) is 6.20 Å². The summed E-state index contributed by atoms with van der Waals surface area (Å²) in [5, 5.41) is 3.03. The Labute approximate surface area is 167 Å². The molecular formula is C23H29N3O2. The van der Waals surface area contributed by atoms with Gasteiger partial charge in [-0.25, -0.2) is 0 Å². The minimum atomic E-state index is -0.464. The van der Waals surface area contributed by atoms with E-state index in [2.05, 4.69) is 28.5 Å². The van der Waals surface area contributed by atoms with Crippen molar-refractivity contribution in [3.63, 3.8) is 0 Å². The van der Waals surface area contributed by atoms with Crippen LogP contribution in [0, 0.1) is 5.41 Å². The molecule has 0 unspecified atom stereocenters. The Bertz CT molecular complexity index is 812. The zero-order valence-electron chi connectivity index (χ0n) is 16.8. The highest BCUT2D eigenvalue weighted by Crippen LogP contribution is 2.36. The first-order valence-corrected chi connectivity index (χ1v) is 10.1. The molecule has 5 heteroatoms. The predicted molar refractivity (Wildman–Crippen MR) is 111 cm³/mol. The molecule has 28 heavy (non-hydrogen) atoms. The van der Waals surface area contributed by atoms with Crippen molar-refractivity contribution >= 4 is 11.8 Å². The Hall–Kier alpha value is -2.69. The number of hydrogen-bond acceptors (Lipinski definition) is 3. The van der Waals surface area contributed by atoms with Crippen LogP contribution in [0.4, 0.5) is 0 Å². The van der Waals surface area contributed by atoms with Crippen LogP contribution in [0.25, 0.3) is 11.1 Å². The summed E-state index contributed by atoms with van der Waals surface area (Å²) < 4.78 is 0. The van der Waals surface area contributed by atoms with E-state index in [4.69, 9.17) is 0 Å². The third-order valence-electron chi connectivity index (χ3n) is 5.66. The van der Waals surface area contributed by atoms with Gasteiger partial charge < -0.3 is 10.2 Å². The highest BCUT2D eigenvalue weighted by Gasteiger charge is 2.41. The summed E-state index contributed by atoms with van der Waals surface area (Å²) in [4.78, 5) is 31.1. The van der Waals surface area contributed by atoms with E-state index in [-0.39, 0.29) is 11.8 Å². The number of piperidine rings is 1. The molecule has 1 saturated heterocycles. The molecule has 5 nitrogen and oxygen atoms in total. The molecule has 3 rings (SSSR count). The lowest BCUT2D eigenvalue weighted by atomic mass is 9.72. The Balaban J connectivity index is 1.83. The average molecular weight is 380 g/mol. The Morgan fingerprint density at radius 3 is 2.50 bits per heavy atom. The average Bonchev–Trinajstić information content (AvgIpc) is 2.74. The van der Waals surface area contributed by atoms with Gasteiger partial charge in [0.25, 0.3) is 0 Å². The molecule has 1 fully saturated rings. The molecule has 0 radical (unpaired) electrons. The zero-order chi connectivity index (χ0) is 20.0. The quantitative estimate of drug-likeness (QED) is 0.836. The number of rotatable bonds is 6. The van der Waals surface area contributed by atoms with Crippen LogP contribution < -0.4 is 5.32 Å². The van der Waals surface area contributed by atoms with Crippen LogP contribution >= 0.6 is 0 Å². The molecule has 1 N–H and O–H groups in total. The molecule has 1 aliphatic heterocycles. The second-order valence-corrected chi connectivity index (χ2v) is 7.49. The normalized spacial score (nSPS) is 15.9. The molecule has 0 atom stereocenters. The molecule has 1 aromatic heterocycles. The molecule has 148 valence electrons. The lowest BCUT2D eigenvalue weighted by Crippen LogP contribution is -2.51. The number of likely N-dealkylation sites (tertiary alicyclic amines) is 1. The van der Waals surface area contributed by atoms with Gasteiger partial charge in [-0.05, 0) is 48.9 Å². The third-order valence-corrected chi connectivity index (χ3v) is 5.66. The van der Waals surface area contributed by atoms with E-state index < -0.39 is 5.41 Å². The number of carbonyl (C=O) groups excluding carboxylic acids is 2. The monoisotopic (exact) mass is 379 g/mol. The van der Waals surface area contributed by atoms with Gasteiger partial charge in [0.05, 0.1) is 5.41 Å². The number of benzene rings is 1. The minimum Gasteiger partial charge on any atom is -0.356 e. The number of hydrogen-bond donors (Lipinski definition) is 1. The molecule has 0 saturated carbocycles. The van der Waals surface area contributed by atoms with Gasteiger partial charge in [-0.15, -0.1) is 0 Å². The van der Waals surface area contributed by atoms with E-state index in [0.29, 0.717) is 45.3 Å². The summed E-state index contributed by atoms with van der Waals surface area (Å²) in [5.74, 6) is 0.272. The Kier molecular flexibility index (Phi) is 6.45. The standard InChI is InChI=1S/C23H29N3O2/c1-3-21(27)26-13-10-23(11-14-26,22(28)25-4-2)16-18-7-5-8-19(15-18)20-9-6-12-24-17-20/h5-9,12,15,17H,3-4,10-11,13-14,16H2,1-2H3,(H,25,28). The van der Waals surface area contributed by atoms with Crippen molar-refractivity contribution in [3.8, 4) is 11.1 Å². The second-order valence-electron chi connectivity index (χ2n) is 7.49. The van der Waals surface area contributed by atoms with Crippen molar-refractivity contribution in [1.29, 1.82) is 0 Å². The van der Waals surface area contributed by atoms with Crippen molar-refractivity contribution in [2.75, 3.05) is 19.6 Å². The van der Waals surface area contributed by atoms with Gasteiger partial charge >= 0.3 is 0 Å². The summed E-state index contributed by atoms with van der Waals surface area (Å²) >= 11 is 0. The van der Waals surface area contributed by atoms with Gasteiger partial charge in [-0.3, -0.25) is 14.6 Å². The summed E-state index contributed by atoms with van der Waals surface area (Å²) in [7, 11) is 0. The van der Waals surface area contributed by atoms with E-state index >= 15 is 0 Å². The second kappa shape index (κ2) is 9.00. The van der Waals surface area contributed by atoms with Crippen molar-refractivity contribution < 1.29 is 9.59 Å². The molecule has 2 amide bonds. The first kappa shape index (κ1) is 20.1. The molecular weight excluding hydrogens is 350 g/mol. The summed E-state index contributed by atoms with van der Waals surface area (Å²) in [6.07, 6.45) is 6.21. The van der Waals surface area contributed by atoms with Gasteiger partial charge in [-0.1, -0.05) is 37.3 Å². The van der Waals surface area contributed by atoms with Crippen molar-refractivity contribution in [3.05, 3.63) is 54.4 Å². The van der Waals surface area contributed by atoms with Gasteiger partial charge in [0.2, 0.25) is 11.8 Å². The SMILES string of the molecule is CCNC(=O)C1(Cc2cccc(-c3cccnc3)c2)CCN(C(=O)CC)CC1. The van der Waals surface area contributed by atoms with E-state index in [9.17, 15) is 9.59 Å². The number of aromatic nitrogens is 1. The van der Waals surface area contributed by atoms with Crippen molar-refractivity contribution in [1.82, 2.24) is 15.2 Å². The van der Waals surface area contributed by atoms with Gasteiger partial charge in [0.1, 0.15) is 0 Å². The number of carbonyl (C=O) groups is 2. The third kappa shape index (κ3) is 4.41. The fourth-order valence-electron chi connectivity index (χ4n) is 4.03. The fourth-order valence-corrected chi connectivity index (χ4v) is 4.03. The predicted octanol–water partition coefficient (Wildman–Crippen LogP) is 3.45. The first-order valence-electron chi connectivity index (χ1n) is 10.1. The molecule has 2 aromatic rings. The highest BCUT2D eigenvalue weighted by atomic mass is 16.2. The van der Waals surface area contributed by atoms with Crippen molar-refractivity contribution in [2.24, 2.45) is 5.41 Å². The Morgan fingerprint density at radius 2 is 1.86 bits per heavy atom. The molecule has 2 heterocycles.